The molecule has 0 aliphatic rings. The molecule has 3 aromatic carbocycles. The lowest BCUT2D eigenvalue weighted by Gasteiger charge is -2.14. The minimum atomic E-state index is -0.278. The minimum Gasteiger partial charge on any atom is -0.462 e. The van der Waals surface area contributed by atoms with E-state index >= 15 is 0 Å². The fourth-order valence-electron chi connectivity index (χ4n) is 2.95. The third kappa shape index (κ3) is 4.48. The molecule has 0 aromatic heterocycles. The van der Waals surface area contributed by atoms with E-state index in [4.69, 9.17) is 4.74 Å². The molecular weight excluding hydrogens is 320 g/mol. The van der Waals surface area contributed by atoms with E-state index in [-0.39, 0.29) is 5.97 Å². The van der Waals surface area contributed by atoms with Gasteiger partial charge in [-0.1, -0.05) is 84.4 Å². The van der Waals surface area contributed by atoms with Gasteiger partial charge in [-0.05, 0) is 35.8 Å². The van der Waals surface area contributed by atoms with Crippen LogP contribution >= 0.6 is 0 Å². The largest absolute Gasteiger partial charge is 0.462 e. The molecule has 0 radical (unpaired) electrons. The van der Waals surface area contributed by atoms with E-state index < -0.39 is 0 Å². The summed E-state index contributed by atoms with van der Waals surface area (Å²) in [5.74, 6) is -0.278. The van der Waals surface area contributed by atoms with Crippen molar-refractivity contribution in [1.82, 2.24) is 0 Å². The molecule has 0 amide bonds. The van der Waals surface area contributed by atoms with Crippen LogP contribution in [0.1, 0.15) is 34.8 Å². The number of carbonyl (C=O) groups excluding carboxylic acids is 1. The molecule has 0 bridgehead atoms. The van der Waals surface area contributed by atoms with Crippen LogP contribution in [0, 0.1) is 0 Å². The van der Waals surface area contributed by atoms with Crippen molar-refractivity contribution in [2.24, 2.45) is 0 Å². The smallest absolute Gasteiger partial charge is 0.338 e. The first kappa shape index (κ1) is 17.7. The Kier molecular flexibility index (Phi) is 6.00. The zero-order valence-electron chi connectivity index (χ0n) is 14.9. The summed E-state index contributed by atoms with van der Waals surface area (Å²) in [6.45, 7) is 2.47. The Labute approximate surface area is 154 Å². The van der Waals surface area contributed by atoms with E-state index in [0.29, 0.717) is 18.6 Å². The van der Waals surface area contributed by atoms with Crippen LogP contribution in [-0.4, -0.2) is 12.6 Å². The van der Waals surface area contributed by atoms with E-state index in [2.05, 4.69) is 31.2 Å². The van der Waals surface area contributed by atoms with Crippen molar-refractivity contribution in [2.45, 2.75) is 13.3 Å². The Hall–Kier alpha value is -3.13. The Bertz CT molecular complexity index is 824. The molecule has 0 fully saturated rings. The highest BCUT2D eigenvalue weighted by Gasteiger charge is 2.10. The molecule has 130 valence electrons. The van der Waals surface area contributed by atoms with E-state index in [1.807, 2.05) is 54.6 Å². The van der Waals surface area contributed by atoms with Gasteiger partial charge in [0.05, 0.1) is 12.2 Å². The second-order valence-electron chi connectivity index (χ2n) is 6.14. The zero-order valence-corrected chi connectivity index (χ0v) is 14.9. The Morgan fingerprint density at radius 1 is 0.692 bits per heavy atom. The number of hydrogen-bond acceptors (Lipinski definition) is 2. The van der Waals surface area contributed by atoms with Crippen LogP contribution in [0.4, 0.5) is 0 Å². The van der Waals surface area contributed by atoms with Gasteiger partial charge >= 0.3 is 5.97 Å². The van der Waals surface area contributed by atoms with Gasteiger partial charge in [-0.25, -0.2) is 4.79 Å². The van der Waals surface area contributed by atoms with Crippen LogP contribution in [0.3, 0.4) is 0 Å². The fraction of sp³-hybridized carbons (Fsp3) is 0.125. The quantitative estimate of drug-likeness (QED) is 0.533. The standard InChI is InChI=1S/C24H22O2/c1-19(17-18-26-24(25)22-15-9-4-10-16-22)23(20-11-5-2-6-12-20)21-13-7-3-8-14-21/h2-16H,17-18H2,1H3. The maximum Gasteiger partial charge on any atom is 0.338 e. The predicted molar refractivity (Wildman–Crippen MR) is 106 cm³/mol. The highest BCUT2D eigenvalue weighted by molar-refractivity contribution is 5.89. The SMILES string of the molecule is CC(CCOC(=O)c1ccccc1)=C(c1ccccc1)c1ccccc1. The summed E-state index contributed by atoms with van der Waals surface area (Å²) in [7, 11) is 0. The normalized spacial score (nSPS) is 10.2. The Morgan fingerprint density at radius 2 is 1.12 bits per heavy atom. The molecule has 0 unspecified atom stereocenters. The first-order valence-corrected chi connectivity index (χ1v) is 8.78. The van der Waals surface area contributed by atoms with Gasteiger partial charge in [0.15, 0.2) is 0 Å². The molecule has 0 atom stereocenters. The molecule has 0 N–H and O–H groups in total. The topological polar surface area (TPSA) is 26.3 Å². The molecule has 0 aliphatic heterocycles. The van der Waals surface area contributed by atoms with Crippen LogP contribution in [-0.2, 0) is 4.74 Å². The van der Waals surface area contributed by atoms with Crippen LogP contribution in [0.5, 0.6) is 0 Å². The average molecular weight is 342 g/mol. The summed E-state index contributed by atoms with van der Waals surface area (Å²) in [5.41, 5.74) is 5.32. The van der Waals surface area contributed by atoms with Gasteiger partial charge in [-0.2, -0.15) is 0 Å². The lowest BCUT2D eigenvalue weighted by atomic mass is 9.92. The molecule has 3 aromatic rings. The van der Waals surface area contributed by atoms with Crippen molar-refractivity contribution < 1.29 is 9.53 Å². The maximum atomic E-state index is 12.1. The van der Waals surface area contributed by atoms with E-state index in [1.54, 1.807) is 12.1 Å². The van der Waals surface area contributed by atoms with Gasteiger partial charge in [0.1, 0.15) is 0 Å². The van der Waals surface area contributed by atoms with Crippen LogP contribution in [0.15, 0.2) is 96.6 Å². The number of ether oxygens (including phenoxy) is 1. The van der Waals surface area contributed by atoms with E-state index in [9.17, 15) is 4.79 Å². The van der Waals surface area contributed by atoms with Crippen molar-refractivity contribution in [3.63, 3.8) is 0 Å². The summed E-state index contributed by atoms with van der Waals surface area (Å²) >= 11 is 0. The average Bonchev–Trinajstić information content (AvgIpc) is 2.70. The van der Waals surface area contributed by atoms with Gasteiger partial charge in [0.25, 0.3) is 0 Å². The number of esters is 1. The highest BCUT2D eigenvalue weighted by Crippen LogP contribution is 2.28. The van der Waals surface area contributed by atoms with Crippen molar-refractivity contribution in [3.8, 4) is 0 Å². The molecular formula is C24H22O2. The van der Waals surface area contributed by atoms with Crippen molar-refractivity contribution in [2.75, 3.05) is 6.61 Å². The van der Waals surface area contributed by atoms with Crippen LogP contribution < -0.4 is 0 Å². The second kappa shape index (κ2) is 8.82. The van der Waals surface area contributed by atoms with Gasteiger partial charge in [-0.3, -0.25) is 0 Å². The first-order valence-electron chi connectivity index (χ1n) is 8.78. The highest BCUT2D eigenvalue weighted by atomic mass is 16.5. The van der Waals surface area contributed by atoms with E-state index in [0.717, 1.165) is 0 Å². The molecule has 2 nitrogen and oxygen atoms in total. The summed E-state index contributed by atoms with van der Waals surface area (Å²) in [4.78, 5) is 12.1. The summed E-state index contributed by atoms with van der Waals surface area (Å²) in [6.07, 6.45) is 0.692. The van der Waals surface area contributed by atoms with Crippen molar-refractivity contribution in [1.29, 1.82) is 0 Å². The fourth-order valence-corrected chi connectivity index (χ4v) is 2.95. The molecule has 0 saturated carbocycles. The maximum absolute atomic E-state index is 12.1. The molecule has 0 saturated heterocycles. The Balaban J connectivity index is 1.77. The molecule has 0 heterocycles. The van der Waals surface area contributed by atoms with E-state index in [1.165, 1.54) is 22.3 Å². The van der Waals surface area contributed by atoms with Gasteiger partial charge in [-0.15, -0.1) is 0 Å². The number of benzene rings is 3. The van der Waals surface area contributed by atoms with Crippen LogP contribution in [0.2, 0.25) is 0 Å². The molecule has 0 aliphatic carbocycles. The van der Waals surface area contributed by atoms with Gasteiger partial charge < -0.3 is 4.74 Å². The molecule has 2 heteroatoms. The Morgan fingerprint density at radius 3 is 1.58 bits per heavy atom. The second-order valence-corrected chi connectivity index (χ2v) is 6.14. The first-order chi connectivity index (χ1) is 12.8. The predicted octanol–water partition coefficient (Wildman–Crippen LogP) is 5.76. The lowest BCUT2D eigenvalue weighted by Crippen LogP contribution is -2.07. The zero-order chi connectivity index (χ0) is 18.2. The number of rotatable bonds is 6. The number of carbonyl (C=O) groups is 1. The summed E-state index contributed by atoms with van der Waals surface area (Å²) in [5, 5.41) is 0. The third-order valence-electron chi connectivity index (χ3n) is 4.27. The van der Waals surface area contributed by atoms with Crippen molar-refractivity contribution >= 4 is 11.5 Å². The summed E-state index contributed by atoms with van der Waals surface area (Å²) < 4.78 is 5.45. The minimum absolute atomic E-state index is 0.278. The molecule has 0 spiro atoms. The monoisotopic (exact) mass is 342 g/mol. The van der Waals surface area contributed by atoms with Gasteiger partial charge in [0, 0.05) is 6.42 Å². The third-order valence-corrected chi connectivity index (χ3v) is 4.27. The molecule has 26 heavy (non-hydrogen) atoms. The summed E-state index contributed by atoms with van der Waals surface area (Å²) in [6, 6.07) is 29.8. The number of hydrogen-bond donors (Lipinski definition) is 0. The molecule has 3 rings (SSSR count). The van der Waals surface area contributed by atoms with Gasteiger partial charge in [0.2, 0.25) is 0 Å². The lowest BCUT2D eigenvalue weighted by molar-refractivity contribution is 0.0509. The van der Waals surface area contributed by atoms with Crippen LogP contribution in [0.25, 0.3) is 5.57 Å². The van der Waals surface area contributed by atoms with Crippen molar-refractivity contribution in [3.05, 3.63) is 113 Å².